The first kappa shape index (κ1) is 23.4. The van der Waals surface area contributed by atoms with E-state index in [1.54, 1.807) is 97.1 Å². The quantitative estimate of drug-likeness (QED) is 0.369. The predicted octanol–water partition coefficient (Wildman–Crippen LogP) is 3.29. The Labute approximate surface area is 202 Å². The highest BCUT2D eigenvalue weighted by Gasteiger charge is 2.13. The summed E-state index contributed by atoms with van der Waals surface area (Å²) >= 11 is 0. The van der Waals surface area contributed by atoms with E-state index in [0.717, 1.165) is 0 Å². The number of aliphatic carboxylic acids is 2. The van der Waals surface area contributed by atoms with Crippen LogP contribution < -0.4 is 25.6 Å². The molecule has 0 radical (unpaired) electrons. The molecule has 7 nitrogen and oxygen atoms in total. The lowest BCUT2D eigenvalue weighted by atomic mass is 10.1. The van der Waals surface area contributed by atoms with Crippen molar-refractivity contribution in [3.05, 3.63) is 120 Å². The molecule has 0 saturated carbocycles. The summed E-state index contributed by atoms with van der Waals surface area (Å²) in [4.78, 5) is 23.2. The molecule has 0 aliphatic rings. The van der Waals surface area contributed by atoms with Gasteiger partial charge in [0.2, 0.25) is 0 Å². The SMILES string of the molecule is O=C([O-])C(Nc1ccc(Oc2ccc(NC(C(=O)[O-])c3ccccc3)cc2)cc1)c1ccccc1. The summed E-state index contributed by atoms with van der Waals surface area (Å²) < 4.78 is 5.85. The fourth-order valence-corrected chi connectivity index (χ4v) is 3.56. The van der Waals surface area contributed by atoms with Crippen LogP contribution in [0.15, 0.2) is 109 Å². The zero-order valence-electron chi connectivity index (χ0n) is 18.6. The minimum Gasteiger partial charge on any atom is -0.548 e. The number of carboxylic acid groups (broad SMARTS) is 2. The Morgan fingerprint density at radius 1 is 0.543 bits per heavy atom. The standard InChI is InChI=1S/C28H24N2O5/c31-27(32)25(19-7-3-1-4-8-19)29-21-11-15-23(16-12-21)35-24-17-13-22(14-18-24)30-26(28(33)34)20-9-5-2-6-10-20/h1-18,25-26,29-30H,(H,31,32)(H,33,34)/p-2. The second kappa shape index (κ2) is 10.9. The number of ether oxygens (including phenoxy) is 1. The van der Waals surface area contributed by atoms with Crippen molar-refractivity contribution in [3.8, 4) is 11.5 Å². The minimum absolute atomic E-state index is 0.554. The molecule has 176 valence electrons. The normalized spacial score (nSPS) is 12.2. The molecule has 0 aromatic heterocycles. The Morgan fingerprint density at radius 3 is 1.20 bits per heavy atom. The monoisotopic (exact) mass is 466 g/mol. The summed E-state index contributed by atoms with van der Waals surface area (Å²) in [6.07, 6.45) is 0. The van der Waals surface area contributed by atoms with Crippen molar-refractivity contribution in [2.45, 2.75) is 12.1 Å². The predicted molar refractivity (Wildman–Crippen MR) is 129 cm³/mol. The number of carbonyl (C=O) groups is 2. The van der Waals surface area contributed by atoms with Gasteiger partial charge in [-0.1, -0.05) is 60.7 Å². The third-order valence-corrected chi connectivity index (χ3v) is 5.30. The molecule has 0 aliphatic heterocycles. The zero-order chi connectivity index (χ0) is 24.6. The van der Waals surface area contributed by atoms with Gasteiger partial charge in [-0.3, -0.25) is 0 Å². The second-order valence-electron chi connectivity index (χ2n) is 7.76. The summed E-state index contributed by atoms with van der Waals surface area (Å²) in [7, 11) is 0. The van der Waals surface area contributed by atoms with Crippen molar-refractivity contribution < 1.29 is 24.5 Å². The molecule has 0 aliphatic carbocycles. The van der Waals surface area contributed by atoms with Gasteiger partial charge >= 0.3 is 0 Å². The van der Waals surface area contributed by atoms with E-state index in [1.807, 2.05) is 12.1 Å². The van der Waals surface area contributed by atoms with Crippen LogP contribution in [0.1, 0.15) is 23.2 Å². The van der Waals surface area contributed by atoms with Crippen LogP contribution in [0.3, 0.4) is 0 Å². The van der Waals surface area contributed by atoms with E-state index in [4.69, 9.17) is 4.74 Å². The maximum absolute atomic E-state index is 11.6. The lowest BCUT2D eigenvalue weighted by Gasteiger charge is -2.22. The lowest BCUT2D eigenvalue weighted by Crippen LogP contribution is -2.34. The Morgan fingerprint density at radius 2 is 0.886 bits per heavy atom. The topological polar surface area (TPSA) is 114 Å². The van der Waals surface area contributed by atoms with Crippen molar-refractivity contribution in [2.75, 3.05) is 10.6 Å². The molecule has 0 heterocycles. The fraction of sp³-hybridized carbons (Fsp3) is 0.0714. The van der Waals surface area contributed by atoms with Crippen LogP contribution in [0.25, 0.3) is 0 Å². The van der Waals surface area contributed by atoms with Gasteiger partial charge in [-0.05, 0) is 59.7 Å². The van der Waals surface area contributed by atoms with Gasteiger partial charge < -0.3 is 35.2 Å². The average molecular weight is 466 g/mol. The highest BCUT2D eigenvalue weighted by atomic mass is 16.5. The Hall–Kier alpha value is -4.78. The largest absolute Gasteiger partial charge is 0.548 e. The molecular formula is C28H22N2O5-2. The first-order valence-electron chi connectivity index (χ1n) is 10.9. The van der Waals surface area contributed by atoms with Gasteiger partial charge in [0.1, 0.15) is 11.5 Å². The summed E-state index contributed by atoms with van der Waals surface area (Å²) in [6.45, 7) is 0. The molecular weight excluding hydrogens is 444 g/mol. The van der Waals surface area contributed by atoms with Gasteiger partial charge in [0, 0.05) is 11.4 Å². The lowest BCUT2D eigenvalue weighted by molar-refractivity contribution is -0.308. The van der Waals surface area contributed by atoms with E-state index >= 15 is 0 Å². The van der Waals surface area contributed by atoms with Crippen LogP contribution in [0.5, 0.6) is 11.5 Å². The smallest absolute Gasteiger partial charge is 0.127 e. The molecule has 7 heteroatoms. The highest BCUT2D eigenvalue weighted by Crippen LogP contribution is 2.27. The third-order valence-electron chi connectivity index (χ3n) is 5.30. The highest BCUT2D eigenvalue weighted by molar-refractivity contribution is 5.78. The number of nitrogens with one attached hydrogen (secondary N) is 2. The van der Waals surface area contributed by atoms with Gasteiger partial charge in [0.15, 0.2) is 0 Å². The van der Waals surface area contributed by atoms with Gasteiger partial charge in [0.25, 0.3) is 0 Å². The van der Waals surface area contributed by atoms with Gasteiger partial charge in [0.05, 0.1) is 24.0 Å². The molecule has 2 unspecified atom stereocenters. The number of carboxylic acids is 2. The number of hydrogen-bond donors (Lipinski definition) is 2. The van der Waals surface area contributed by atoms with Gasteiger partial charge in [-0.2, -0.15) is 0 Å². The number of carbonyl (C=O) groups excluding carboxylic acids is 2. The van der Waals surface area contributed by atoms with Gasteiger partial charge in [-0.15, -0.1) is 0 Å². The van der Waals surface area contributed by atoms with Crippen LogP contribution >= 0.6 is 0 Å². The minimum atomic E-state index is -1.22. The summed E-state index contributed by atoms with van der Waals surface area (Å²) in [5, 5.41) is 29.1. The maximum Gasteiger partial charge on any atom is 0.127 e. The van der Waals surface area contributed by atoms with Crippen LogP contribution in [0, 0.1) is 0 Å². The van der Waals surface area contributed by atoms with Crippen molar-refractivity contribution in [1.82, 2.24) is 0 Å². The fourth-order valence-electron chi connectivity index (χ4n) is 3.56. The molecule has 4 aromatic rings. The van der Waals surface area contributed by atoms with Crippen molar-refractivity contribution in [2.24, 2.45) is 0 Å². The van der Waals surface area contributed by atoms with E-state index in [-0.39, 0.29) is 0 Å². The molecule has 0 spiro atoms. The molecule has 4 aromatic carbocycles. The van der Waals surface area contributed by atoms with Crippen LogP contribution in [0.2, 0.25) is 0 Å². The second-order valence-corrected chi connectivity index (χ2v) is 7.76. The summed E-state index contributed by atoms with van der Waals surface area (Å²) in [5.41, 5.74) is 2.39. The Kier molecular flexibility index (Phi) is 7.28. The molecule has 2 N–H and O–H groups in total. The van der Waals surface area contributed by atoms with Crippen molar-refractivity contribution in [1.29, 1.82) is 0 Å². The number of hydrogen-bond acceptors (Lipinski definition) is 7. The van der Waals surface area contributed by atoms with Crippen LogP contribution in [-0.2, 0) is 9.59 Å². The molecule has 0 fully saturated rings. The molecule has 0 amide bonds. The Balaban J connectivity index is 1.39. The van der Waals surface area contributed by atoms with Crippen LogP contribution in [0.4, 0.5) is 11.4 Å². The average Bonchev–Trinajstić information content (AvgIpc) is 2.88. The van der Waals surface area contributed by atoms with E-state index < -0.39 is 24.0 Å². The van der Waals surface area contributed by atoms with E-state index in [0.29, 0.717) is 34.0 Å². The zero-order valence-corrected chi connectivity index (χ0v) is 18.6. The first-order valence-corrected chi connectivity index (χ1v) is 10.9. The summed E-state index contributed by atoms with van der Waals surface area (Å²) in [6, 6.07) is 29.4. The third kappa shape index (κ3) is 6.17. The van der Waals surface area contributed by atoms with E-state index in [9.17, 15) is 19.8 Å². The maximum atomic E-state index is 11.6. The molecule has 35 heavy (non-hydrogen) atoms. The van der Waals surface area contributed by atoms with E-state index in [1.165, 1.54) is 0 Å². The number of benzene rings is 4. The molecule has 4 rings (SSSR count). The number of rotatable bonds is 10. The van der Waals surface area contributed by atoms with E-state index in [2.05, 4.69) is 10.6 Å². The van der Waals surface area contributed by atoms with Gasteiger partial charge in [-0.25, -0.2) is 0 Å². The van der Waals surface area contributed by atoms with Crippen molar-refractivity contribution >= 4 is 23.3 Å². The number of anilines is 2. The Bertz CT molecular complexity index is 1160. The molecule has 0 saturated heterocycles. The summed E-state index contributed by atoms with van der Waals surface area (Å²) in [5.74, 6) is -1.34. The van der Waals surface area contributed by atoms with Crippen molar-refractivity contribution in [3.63, 3.8) is 0 Å². The van der Waals surface area contributed by atoms with Crippen LogP contribution in [-0.4, -0.2) is 11.9 Å². The first-order chi connectivity index (χ1) is 17.0. The molecule has 2 atom stereocenters. The molecule has 0 bridgehead atoms.